The highest BCUT2D eigenvalue weighted by atomic mass is 19.1. The number of nitro groups is 1. The van der Waals surface area contributed by atoms with Crippen molar-refractivity contribution in [3.63, 3.8) is 0 Å². The molecule has 112 valence electrons. The van der Waals surface area contributed by atoms with E-state index in [1.165, 1.54) is 18.2 Å². The van der Waals surface area contributed by atoms with Crippen LogP contribution in [0.1, 0.15) is 31.2 Å². The summed E-state index contributed by atoms with van der Waals surface area (Å²) in [5, 5.41) is 13.9. The zero-order chi connectivity index (χ0) is 15.4. The Bertz CT molecular complexity index is 608. The second kappa shape index (κ2) is 6.49. The minimum atomic E-state index is -0.566. The van der Waals surface area contributed by atoms with Crippen LogP contribution in [0.25, 0.3) is 0 Å². The molecule has 0 saturated heterocycles. The number of nitrogens with zero attached hydrogens (tertiary/aromatic N) is 1. The van der Waals surface area contributed by atoms with Gasteiger partial charge in [-0.3, -0.25) is 10.1 Å². The maximum atomic E-state index is 13.0. The number of furan rings is 1. The van der Waals surface area contributed by atoms with E-state index in [4.69, 9.17) is 4.42 Å². The third-order valence-electron chi connectivity index (χ3n) is 3.22. The van der Waals surface area contributed by atoms with Crippen LogP contribution in [0.3, 0.4) is 0 Å². The molecule has 0 spiro atoms. The van der Waals surface area contributed by atoms with Crippen LogP contribution in [0.5, 0.6) is 0 Å². The Morgan fingerprint density at radius 2 is 1.90 bits per heavy atom. The van der Waals surface area contributed by atoms with Crippen molar-refractivity contribution < 1.29 is 13.7 Å². The van der Waals surface area contributed by atoms with Gasteiger partial charge in [-0.1, -0.05) is 26.0 Å². The first-order valence-electron chi connectivity index (χ1n) is 6.69. The van der Waals surface area contributed by atoms with Crippen molar-refractivity contribution in [2.75, 3.05) is 0 Å². The summed E-state index contributed by atoms with van der Waals surface area (Å²) in [6, 6.07) is 9.23. The number of hydrogen-bond acceptors (Lipinski definition) is 4. The predicted molar refractivity (Wildman–Crippen MR) is 76.2 cm³/mol. The molecule has 5 nitrogen and oxygen atoms in total. The molecule has 6 heteroatoms. The largest absolute Gasteiger partial charge is 0.433 e. The van der Waals surface area contributed by atoms with E-state index in [2.05, 4.69) is 5.32 Å². The highest BCUT2D eigenvalue weighted by Gasteiger charge is 2.17. The second-order valence-corrected chi connectivity index (χ2v) is 5.15. The highest BCUT2D eigenvalue weighted by Crippen LogP contribution is 2.23. The lowest BCUT2D eigenvalue weighted by Gasteiger charge is -2.22. The standard InChI is InChI=1S/C15H17FN2O3/c1-10(2)15(11-3-5-12(16)6-4-11)17-9-13-7-8-14(21-13)18(19)20/h3-8,10,15,17H,9H2,1-2H3. The maximum absolute atomic E-state index is 13.0. The lowest BCUT2D eigenvalue weighted by Crippen LogP contribution is -2.25. The average Bonchev–Trinajstić information content (AvgIpc) is 2.90. The van der Waals surface area contributed by atoms with Crippen LogP contribution in [0.4, 0.5) is 10.3 Å². The van der Waals surface area contributed by atoms with Crippen LogP contribution in [0, 0.1) is 21.8 Å². The average molecular weight is 292 g/mol. The maximum Gasteiger partial charge on any atom is 0.433 e. The lowest BCUT2D eigenvalue weighted by molar-refractivity contribution is -0.402. The molecule has 0 aliphatic heterocycles. The molecule has 0 aliphatic carbocycles. The summed E-state index contributed by atoms with van der Waals surface area (Å²) in [5.41, 5.74) is 0.965. The van der Waals surface area contributed by atoms with E-state index in [-0.39, 0.29) is 23.7 Å². The van der Waals surface area contributed by atoms with E-state index in [9.17, 15) is 14.5 Å². The topological polar surface area (TPSA) is 68.3 Å². The Balaban J connectivity index is 2.06. The molecule has 0 saturated carbocycles. The molecule has 0 radical (unpaired) electrons. The third-order valence-corrected chi connectivity index (χ3v) is 3.22. The van der Waals surface area contributed by atoms with Crippen molar-refractivity contribution in [1.29, 1.82) is 0 Å². The van der Waals surface area contributed by atoms with Gasteiger partial charge in [0.15, 0.2) is 0 Å². The molecule has 0 bridgehead atoms. The van der Waals surface area contributed by atoms with Gasteiger partial charge in [0.05, 0.1) is 12.6 Å². The molecule has 1 aromatic carbocycles. The van der Waals surface area contributed by atoms with Gasteiger partial charge in [0.25, 0.3) is 0 Å². The van der Waals surface area contributed by atoms with E-state index in [0.717, 1.165) is 5.56 Å². The number of benzene rings is 1. The van der Waals surface area contributed by atoms with Crippen LogP contribution in [-0.4, -0.2) is 4.92 Å². The third kappa shape index (κ3) is 3.88. The first kappa shape index (κ1) is 15.2. The molecule has 0 aliphatic rings. The fraction of sp³-hybridized carbons (Fsp3) is 0.333. The van der Waals surface area contributed by atoms with Crippen molar-refractivity contribution in [3.8, 4) is 0 Å². The molecule has 1 aromatic heterocycles. The summed E-state index contributed by atoms with van der Waals surface area (Å²) in [5.74, 6) is 0.229. The monoisotopic (exact) mass is 292 g/mol. The number of rotatable bonds is 6. The van der Waals surface area contributed by atoms with Gasteiger partial charge in [0.1, 0.15) is 16.5 Å². The normalized spacial score (nSPS) is 12.6. The number of hydrogen-bond donors (Lipinski definition) is 1. The molecule has 0 amide bonds. The van der Waals surface area contributed by atoms with Crippen molar-refractivity contribution in [2.24, 2.45) is 5.92 Å². The van der Waals surface area contributed by atoms with E-state index in [1.807, 2.05) is 13.8 Å². The fourth-order valence-corrected chi connectivity index (χ4v) is 2.18. The molecule has 1 N–H and O–H groups in total. The van der Waals surface area contributed by atoms with Gasteiger partial charge in [-0.05, 0) is 29.7 Å². The molecule has 21 heavy (non-hydrogen) atoms. The number of halogens is 1. The van der Waals surface area contributed by atoms with E-state index < -0.39 is 4.92 Å². The van der Waals surface area contributed by atoms with Gasteiger partial charge in [-0.2, -0.15) is 0 Å². The second-order valence-electron chi connectivity index (χ2n) is 5.15. The molecule has 2 aromatic rings. The van der Waals surface area contributed by atoms with Crippen molar-refractivity contribution in [1.82, 2.24) is 5.32 Å². The quantitative estimate of drug-likeness (QED) is 0.649. The molecule has 1 atom stereocenters. The lowest BCUT2D eigenvalue weighted by atomic mass is 9.96. The van der Waals surface area contributed by atoms with Gasteiger partial charge in [-0.25, -0.2) is 4.39 Å². The first-order chi connectivity index (χ1) is 9.97. The molecule has 1 unspecified atom stereocenters. The van der Waals surface area contributed by atoms with E-state index >= 15 is 0 Å². The van der Waals surface area contributed by atoms with Crippen LogP contribution >= 0.6 is 0 Å². The molecular formula is C15H17FN2O3. The zero-order valence-electron chi connectivity index (χ0n) is 11.9. The SMILES string of the molecule is CC(C)C(NCc1ccc([N+](=O)[O-])o1)c1ccc(F)cc1. The first-order valence-corrected chi connectivity index (χ1v) is 6.69. The minimum absolute atomic E-state index is 0.00903. The smallest absolute Gasteiger partial charge is 0.404 e. The summed E-state index contributed by atoms with van der Waals surface area (Å²) in [6.45, 7) is 4.46. The zero-order valence-corrected chi connectivity index (χ0v) is 11.9. The van der Waals surface area contributed by atoms with Gasteiger partial charge < -0.3 is 9.73 Å². The summed E-state index contributed by atoms with van der Waals surface area (Å²) in [4.78, 5) is 10.0. The molecule has 2 rings (SSSR count). The fourth-order valence-electron chi connectivity index (χ4n) is 2.18. The Morgan fingerprint density at radius 1 is 1.24 bits per heavy atom. The molecular weight excluding hydrogens is 275 g/mol. The summed E-state index contributed by atoms with van der Waals surface area (Å²) in [6.07, 6.45) is 0. The van der Waals surface area contributed by atoms with Gasteiger partial charge in [0, 0.05) is 6.04 Å². The predicted octanol–water partition coefficient (Wildman–Crippen LogP) is 3.81. The number of nitrogens with one attached hydrogen (secondary N) is 1. The Labute approximate surface area is 121 Å². The summed E-state index contributed by atoms with van der Waals surface area (Å²) >= 11 is 0. The van der Waals surface area contributed by atoms with Gasteiger partial charge >= 0.3 is 5.88 Å². The van der Waals surface area contributed by atoms with Crippen LogP contribution < -0.4 is 5.32 Å². The van der Waals surface area contributed by atoms with Crippen molar-refractivity contribution >= 4 is 5.88 Å². The van der Waals surface area contributed by atoms with Crippen LogP contribution in [0.15, 0.2) is 40.8 Å². The van der Waals surface area contributed by atoms with Crippen molar-refractivity contribution in [2.45, 2.75) is 26.4 Å². The van der Waals surface area contributed by atoms with Crippen LogP contribution in [-0.2, 0) is 6.54 Å². The Kier molecular flexibility index (Phi) is 4.70. The summed E-state index contributed by atoms with van der Waals surface area (Å²) in [7, 11) is 0. The molecule has 1 heterocycles. The van der Waals surface area contributed by atoms with Gasteiger partial charge in [-0.15, -0.1) is 0 Å². The van der Waals surface area contributed by atoms with Crippen molar-refractivity contribution in [3.05, 3.63) is 63.7 Å². The van der Waals surface area contributed by atoms with E-state index in [0.29, 0.717) is 12.3 Å². The van der Waals surface area contributed by atoms with Gasteiger partial charge in [0.2, 0.25) is 0 Å². The highest BCUT2D eigenvalue weighted by molar-refractivity contribution is 5.21. The Hall–Kier alpha value is -2.21. The Morgan fingerprint density at radius 3 is 2.43 bits per heavy atom. The molecule has 0 fully saturated rings. The van der Waals surface area contributed by atoms with Crippen LogP contribution in [0.2, 0.25) is 0 Å². The minimum Gasteiger partial charge on any atom is -0.404 e. The summed E-state index contributed by atoms with van der Waals surface area (Å²) < 4.78 is 18.1. The van der Waals surface area contributed by atoms with E-state index in [1.54, 1.807) is 18.2 Å².